The van der Waals surface area contributed by atoms with Crippen LogP contribution in [0.1, 0.15) is 38.8 Å². The summed E-state index contributed by atoms with van der Waals surface area (Å²) in [5.41, 5.74) is 7.17. The molecule has 4 unspecified atom stereocenters. The molecular weight excluding hydrogens is 212 g/mol. The maximum Gasteiger partial charge on any atom is 0.0950 e. The van der Waals surface area contributed by atoms with Crippen LogP contribution in [0.25, 0.3) is 0 Å². The minimum Gasteiger partial charge on any atom is -0.472 e. The molecule has 0 saturated carbocycles. The van der Waals surface area contributed by atoms with Crippen molar-refractivity contribution in [1.29, 1.82) is 0 Å². The predicted octanol–water partition coefficient (Wildman–Crippen LogP) is 2.65. The molecule has 0 aliphatic carbocycles. The molecule has 0 spiro atoms. The molecule has 0 aromatic carbocycles. The Labute approximate surface area is 104 Å². The van der Waals surface area contributed by atoms with Gasteiger partial charge in [0, 0.05) is 24.7 Å². The van der Waals surface area contributed by atoms with Gasteiger partial charge in [0.25, 0.3) is 0 Å². The van der Waals surface area contributed by atoms with Gasteiger partial charge in [0.1, 0.15) is 0 Å². The van der Waals surface area contributed by atoms with Crippen LogP contribution in [0.4, 0.5) is 0 Å². The number of furan rings is 1. The summed E-state index contributed by atoms with van der Waals surface area (Å²) in [6.45, 7) is 8.79. The zero-order valence-corrected chi connectivity index (χ0v) is 11.1. The van der Waals surface area contributed by atoms with Crippen LogP contribution >= 0.6 is 0 Å². The van der Waals surface area contributed by atoms with Gasteiger partial charge in [-0.05, 0) is 31.2 Å². The monoisotopic (exact) mass is 236 g/mol. The summed E-state index contributed by atoms with van der Waals surface area (Å²) in [6.07, 6.45) is 4.88. The Morgan fingerprint density at radius 2 is 2.24 bits per heavy atom. The third-order valence-electron chi connectivity index (χ3n) is 4.19. The standard InChI is InChI=1S/C14H24N2O/c1-10-6-11(2)12(3)16(8-10)14(7-15)13-4-5-17-9-13/h4-5,9-12,14H,6-8,15H2,1-3H3. The third kappa shape index (κ3) is 2.55. The second-order valence-electron chi connectivity index (χ2n) is 5.56. The maximum atomic E-state index is 5.96. The summed E-state index contributed by atoms with van der Waals surface area (Å²) < 4.78 is 5.19. The van der Waals surface area contributed by atoms with Gasteiger partial charge in [0.15, 0.2) is 0 Å². The maximum absolute atomic E-state index is 5.96. The van der Waals surface area contributed by atoms with Crippen molar-refractivity contribution in [2.75, 3.05) is 13.1 Å². The van der Waals surface area contributed by atoms with Crippen molar-refractivity contribution in [2.45, 2.75) is 39.3 Å². The van der Waals surface area contributed by atoms with E-state index in [0.29, 0.717) is 18.6 Å². The van der Waals surface area contributed by atoms with Gasteiger partial charge >= 0.3 is 0 Å². The molecule has 1 saturated heterocycles. The summed E-state index contributed by atoms with van der Waals surface area (Å²) >= 11 is 0. The molecule has 0 radical (unpaired) electrons. The summed E-state index contributed by atoms with van der Waals surface area (Å²) in [4.78, 5) is 2.55. The van der Waals surface area contributed by atoms with Crippen LogP contribution in [0.15, 0.2) is 23.0 Å². The van der Waals surface area contributed by atoms with E-state index < -0.39 is 0 Å². The molecule has 2 N–H and O–H groups in total. The van der Waals surface area contributed by atoms with Crippen molar-refractivity contribution < 1.29 is 4.42 Å². The Bertz CT molecular complexity index is 336. The van der Waals surface area contributed by atoms with Gasteiger partial charge in [0.2, 0.25) is 0 Å². The van der Waals surface area contributed by atoms with E-state index in [9.17, 15) is 0 Å². The normalized spacial score (nSPS) is 32.6. The number of nitrogens with zero attached hydrogens (tertiary/aromatic N) is 1. The largest absolute Gasteiger partial charge is 0.472 e. The smallest absolute Gasteiger partial charge is 0.0950 e. The van der Waals surface area contributed by atoms with Crippen molar-refractivity contribution >= 4 is 0 Å². The SMILES string of the molecule is CC1CC(C)C(C)N(C(CN)c2ccoc2)C1. The van der Waals surface area contributed by atoms with E-state index in [2.05, 4.69) is 25.7 Å². The fraction of sp³-hybridized carbons (Fsp3) is 0.714. The van der Waals surface area contributed by atoms with Crippen molar-refractivity contribution in [3.8, 4) is 0 Å². The summed E-state index contributed by atoms with van der Waals surface area (Å²) in [6, 6.07) is 2.93. The van der Waals surface area contributed by atoms with Crippen molar-refractivity contribution in [1.82, 2.24) is 4.90 Å². The van der Waals surface area contributed by atoms with E-state index in [-0.39, 0.29) is 0 Å². The molecule has 0 amide bonds. The number of rotatable bonds is 3. The first-order valence-electron chi connectivity index (χ1n) is 6.61. The van der Waals surface area contributed by atoms with E-state index >= 15 is 0 Å². The molecule has 2 rings (SSSR count). The van der Waals surface area contributed by atoms with E-state index in [1.54, 1.807) is 6.26 Å². The van der Waals surface area contributed by atoms with Crippen LogP contribution in [-0.2, 0) is 0 Å². The first-order valence-corrected chi connectivity index (χ1v) is 6.61. The number of nitrogens with two attached hydrogens (primary N) is 1. The lowest BCUT2D eigenvalue weighted by Gasteiger charge is -2.45. The van der Waals surface area contributed by atoms with Crippen LogP contribution in [0.2, 0.25) is 0 Å². The van der Waals surface area contributed by atoms with Gasteiger partial charge in [0.05, 0.1) is 18.6 Å². The Morgan fingerprint density at radius 3 is 2.82 bits per heavy atom. The highest BCUT2D eigenvalue weighted by Gasteiger charge is 2.33. The highest BCUT2D eigenvalue weighted by Crippen LogP contribution is 2.33. The van der Waals surface area contributed by atoms with Gasteiger partial charge in [-0.1, -0.05) is 13.8 Å². The Kier molecular flexibility index (Phi) is 3.89. The molecule has 3 heteroatoms. The van der Waals surface area contributed by atoms with E-state index in [1.807, 2.05) is 12.3 Å². The second kappa shape index (κ2) is 5.23. The first-order chi connectivity index (χ1) is 8.13. The molecule has 1 aliphatic rings. The van der Waals surface area contributed by atoms with Gasteiger partial charge in [-0.25, -0.2) is 0 Å². The lowest BCUT2D eigenvalue weighted by atomic mass is 9.84. The fourth-order valence-corrected chi connectivity index (χ4v) is 3.10. The van der Waals surface area contributed by atoms with Crippen molar-refractivity contribution in [3.63, 3.8) is 0 Å². The topological polar surface area (TPSA) is 42.4 Å². The van der Waals surface area contributed by atoms with Gasteiger partial charge in [-0.15, -0.1) is 0 Å². The van der Waals surface area contributed by atoms with E-state index in [4.69, 9.17) is 10.2 Å². The highest BCUT2D eigenvalue weighted by atomic mass is 16.3. The lowest BCUT2D eigenvalue weighted by Crippen LogP contribution is -2.49. The second-order valence-corrected chi connectivity index (χ2v) is 5.56. The zero-order valence-electron chi connectivity index (χ0n) is 11.1. The minimum atomic E-state index is 0.300. The van der Waals surface area contributed by atoms with Gasteiger partial charge in [-0.3, -0.25) is 4.90 Å². The minimum absolute atomic E-state index is 0.300. The van der Waals surface area contributed by atoms with Gasteiger partial charge in [-0.2, -0.15) is 0 Å². The quantitative estimate of drug-likeness (QED) is 0.877. The number of piperidine rings is 1. The molecule has 3 nitrogen and oxygen atoms in total. The Balaban J connectivity index is 2.18. The molecule has 0 bridgehead atoms. The lowest BCUT2D eigenvalue weighted by molar-refractivity contribution is 0.0422. The van der Waals surface area contributed by atoms with Crippen LogP contribution in [-0.4, -0.2) is 24.0 Å². The van der Waals surface area contributed by atoms with Crippen LogP contribution in [0.3, 0.4) is 0 Å². The van der Waals surface area contributed by atoms with Crippen LogP contribution < -0.4 is 5.73 Å². The molecule has 1 fully saturated rings. The molecular formula is C14H24N2O. The van der Waals surface area contributed by atoms with E-state index in [1.165, 1.54) is 12.0 Å². The molecule has 17 heavy (non-hydrogen) atoms. The number of hydrogen-bond acceptors (Lipinski definition) is 3. The molecule has 96 valence electrons. The third-order valence-corrected chi connectivity index (χ3v) is 4.19. The van der Waals surface area contributed by atoms with E-state index in [0.717, 1.165) is 18.4 Å². The summed E-state index contributed by atoms with van der Waals surface area (Å²) in [5, 5.41) is 0. The molecule has 1 aromatic rings. The molecule has 1 aliphatic heterocycles. The number of likely N-dealkylation sites (tertiary alicyclic amines) is 1. The number of hydrogen-bond donors (Lipinski definition) is 1. The van der Waals surface area contributed by atoms with Gasteiger partial charge < -0.3 is 10.2 Å². The predicted molar refractivity (Wildman–Crippen MR) is 69.6 cm³/mol. The van der Waals surface area contributed by atoms with Crippen molar-refractivity contribution in [3.05, 3.63) is 24.2 Å². The first kappa shape index (κ1) is 12.7. The summed E-state index contributed by atoms with van der Waals surface area (Å²) in [7, 11) is 0. The van der Waals surface area contributed by atoms with Crippen LogP contribution in [0.5, 0.6) is 0 Å². The van der Waals surface area contributed by atoms with Crippen molar-refractivity contribution in [2.24, 2.45) is 17.6 Å². The Hall–Kier alpha value is -0.800. The van der Waals surface area contributed by atoms with Crippen LogP contribution in [0, 0.1) is 11.8 Å². The molecule has 4 atom stereocenters. The zero-order chi connectivity index (χ0) is 12.4. The molecule has 2 heterocycles. The molecule has 1 aromatic heterocycles. The average Bonchev–Trinajstić information content (AvgIpc) is 2.79. The fourth-order valence-electron chi connectivity index (χ4n) is 3.10. The average molecular weight is 236 g/mol. The Morgan fingerprint density at radius 1 is 1.47 bits per heavy atom. The summed E-state index contributed by atoms with van der Waals surface area (Å²) in [5.74, 6) is 1.49. The highest BCUT2D eigenvalue weighted by molar-refractivity contribution is 5.13.